The van der Waals surface area contributed by atoms with E-state index >= 15 is 0 Å². The van der Waals surface area contributed by atoms with Crippen LogP contribution < -0.4 is 0 Å². The van der Waals surface area contributed by atoms with E-state index in [1.807, 2.05) is 0 Å². The molecule has 0 aromatic carbocycles. The van der Waals surface area contributed by atoms with Gasteiger partial charge >= 0.3 is 0 Å². The standard InChI is InChI=1S/C12H17ClN6OSi/c1-21(2,3)5-4-20-8-19-12-9(6-15-19)10-11(13)16-17-18(10)7-14-12/h6-7H,4-5,8H2,1-3H3. The Morgan fingerprint density at radius 2 is 2.14 bits per heavy atom. The second-order valence-electron chi connectivity index (χ2n) is 6.15. The van der Waals surface area contributed by atoms with Gasteiger partial charge in [0, 0.05) is 14.7 Å². The molecule has 0 amide bonds. The topological polar surface area (TPSA) is 70.1 Å². The minimum absolute atomic E-state index is 0.349. The van der Waals surface area contributed by atoms with Gasteiger partial charge in [0.1, 0.15) is 18.6 Å². The molecule has 3 aromatic rings. The maximum Gasteiger partial charge on any atom is 0.179 e. The maximum atomic E-state index is 6.05. The van der Waals surface area contributed by atoms with Crippen molar-refractivity contribution in [2.75, 3.05) is 6.61 Å². The summed E-state index contributed by atoms with van der Waals surface area (Å²) in [5.41, 5.74) is 1.44. The van der Waals surface area contributed by atoms with Crippen LogP contribution in [0.2, 0.25) is 30.8 Å². The van der Waals surface area contributed by atoms with Gasteiger partial charge in [0.25, 0.3) is 0 Å². The molecule has 0 bridgehead atoms. The molecule has 0 atom stereocenters. The third-order valence-electron chi connectivity index (χ3n) is 3.22. The summed E-state index contributed by atoms with van der Waals surface area (Å²) >= 11 is 6.05. The van der Waals surface area contributed by atoms with E-state index in [1.54, 1.807) is 21.7 Å². The van der Waals surface area contributed by atoms with E-state index in [0.717, 1.165) is 29.2 Å². The first-order chi connectivity index (χ1) is 9.96. The van der Waals surface area contributed by atoms with Crippen molar-refractivity contribution in [3.63, 3.8) is 0 Å². The average Bonchev–Trinajstić information content (AvgIpc) is 2.98. The molecule has 0 aliphatic heterocycles. The monoisotopic (exact) mass is 324 g/mol. The Kier molecular flexibility index (Phi) is 3.68. The maximum absolute atomic E-state index is 6.05. The van der Waals surface area contributed by atoms with Gasteiger partial charge in [-0.2, -0.15) is 9.61 Å². The van der Waals surface area contributed by atoms with Crippen molar-refractivity contribution in [1.82, 2.24) is 29.6 Å². The van der Waals surface area contributed by atoms with Gasteiger partial charge in [-0.05, 0) is 6.04 Å². The lowest BCUT2D eigenvalue weighted by Gasteiger charge is -2.15. The number of fused-ring (bicyclic) bond motifs is 3. The summed E-state index contributed by atoms with van der Waals surface area (Å²) in [5, 5.41) is 13.2. The van der Waals surface area contributed by atoms with E-state index in [0.29, 0.717) is 11.9 Å². The highest BCUT2D eigenvalue weighted by Gasteiger charge is 2.14. The van der Waals surface area contributed by atoms with Crippen molar-refractivity contribution in [2.24, 2.45) is 0 Å². The van der Waals surface area contributed by atoms with Gasteiger partial charge in [0.2, 0.25) is 0 Å². The highest BCUT2D eigenvalue weighted by atomic mass is 35.5. The summed E-state index contributed by atoms with van der Waals surface area (Å²) in [6.45, 7) is 8.11. The number of ether oxygens (including phenoxy) is 1. The van der Waals surface area contributed by atoms with Crippen LogP contribution in [-0.2, 0) is 11.5 Å². The predicted octanol–water partition coefficient (Wildman–Crippen LogP) is 2.44. The molecule has 112 valence electrons. The zero-order valence-corrected chi connectivity index (χ0v) is 14.0. The fourth-order valence-corrected chi connectivity index (χ4v) is 2.98. The minimum atomic E-state index is -1.08. The van der Waals surface area contributed by atoms with Crippen LogP contribution in [0, 0.1) is 0 Å². The highest BCUT2D eigenvalue weighted by molar-refractivity contribution is 6.76. The van der Waals surface area contributed by atoms with Gasteiger partial charge in [-0.25, -0.2) is 9.67 Å². The minimum Gasteiger partial charge on any atom is -0.359 e. The summed E-state index contributed by atoms with van der Waals surface area (Å²) < 4.78 is 8.98. The SMILES string of the molecule is C[Si](C)(C)CCOCn1ncc2c1ncn1nnc(Cl)c21. The average molecular weight is 325 g/mol. The molecule has 0 fully saturated rings. The van der Waals surface area contributed by atoms with Crippen molar-refractivity contribution in [3.05, 3.63) is 17.7 Å². The number of nitrogens with zero attached hydrogens (tertiary/aromatic N) is 6. The van der Waals surface area contributed by atoms with Crippen molar-refractivity contribution in [2.45, 2.75) is 32.4 Å². The molecular weight excluding hydrogens is 308 g/mol. The molecule has 0 radical (unpaired) electrons. The third kappa shape index (κ3) is 2.92. The molecule has 3 rings (SSSR count). The zero-order chi connectivity index (χ0) is 15.0. The molecule has 0 unspecified atom stereocenters. The molecule has 3 aromatic heterocycles. The van der Waals surface area contributed by atoms with Crippen molar-refractivity contribution in [1.29, 1.82) is 0 Å². The molecular formula is C12H17ClN6OSi. The molecule has 0 N–H and O–H groups in total. The summed E-state index contributed by atoms with van der Waals surface area (Å²) in [4.78, 5) is 4.34. The van der Waals surface area contributed by atoms with E-state index in [2.05, 4.69) is 40.0 Å². The molecule has 0 spiro atoms. The Hall–Kier alpha value is -1.51. The molecule has 0 saturated heterocycles. The fraction of sp³-hybridized carbons (Fsp3) is 0.500. The molecule has 7 nitrogen and oxygen atoms in total. The number of hydrogen-bond acceptors (Lipinski definition) is 5. The molecule has 3 heterocycles. The van der Waals surface area contributed by atoms with E-state index < -0.39 is 8.07 Å². The summed E-state index contributed by atoms with van der Waals surface area (Å²) in [5.74, 6) is 0. The summed E-state index contributed by atoms with van der Waals surface area (Å²) in [6, 6.07) is 1.13. The van der Waals surface area contributed by atoms with Gasteiger partial charge in [0.15, 0.2) is 10.8 Å². The first kappa shape index (κ1) is 14.4. The Labute approximate surface area is 127 Å². The van der Waals surface area contributed by atoms with Crippen LogP contribution >= 0.6 is 11.6 Å². The smallest absolute Gasteiger partial charge is 0.179 e. The van der Waals surface area contributed by atoms with Crippen molar-refractivity contribution < 1.29 is 4.74 Å². The molecule has 21 heavy (non-hydrogen) atoms. The highest BCUT2D eigenvalue weighted by Crippen LogP contribution is 2.22. The second kappa shape index (κ2) is 5.36. The van der Waals surface area contributed by atoms with Gasteiger partial charge in [-0.15, -0.1) is 5.10 Å². The van der Waals surface area contributed by atoms with Crippen molar-refractivity contribution in [3.8, 4) is 0 Å². The summed E-state index contributed by atoms with van der Waals surface area (Å²) in [6.07, 6.45) is 3.30. The van der Waals surface area contributed by atoms with Crippen LogP contribution in [0.3, 0.4) is 0 Å². The fourth-order valence-electron chi connectivity index (χ4n) is 2.00. The lowest BCUT2D eigenvalue weighted by Crippen LogP contribution is -2.22. The van der Waals surface area contributed by atoms with Crippen LogP contribution in [0.15, 0.2) is 12.5 Å². The van der Waals surface area contributed by atoms with Crippen LogP contribution in [-0.4, -0.2) is 44.3 Å². The lowest BCUT2D eigenvalue weighted by molar-refractivity contribution is 0.0813. The number of rotatable bonds is 5. The second-order valence-corrected chi connectivity index (χ2v) is 12.1. The number of hydrogen-bond donors (Lipinski definition) is 0. The third-order valence-corrected chi connectivity index (χ3v) is 5.18. The van der Waals surface area contributed by atoms with E-state index in [4.69, 9.17) is 16.3 Å². The van der Waals surface area contributed by atoms with Crippen LogP contribution in [0.1, 0.15) is 0 Å². The van der Waals surface area contributed by atoms with E-state index in [9.17, 15) is 0 Å². The normalized spacial score (nSPS) is 12.6. The molecule has 0 aliphatic rings. The number of halogens is 1. The van der Waals surface area contributed by atoms with Crippen LogP contribution in [0.4, 0.5) is 0 Å². The van der Waals surface area contributed by atoms with Gasteiger partial charge in [-0.1, -0.05) is 36.5 Å². The predicted molar refractivity (Wildman–Crippen MR) is 83.2 cm³/mol. The largest absolute Gasteiger partial charge is 0.359 e. The zero-order valence-electron chi connectivity index (χ0n) is 12.2. The molecule has 0 saturated carbocycles. The van der Waals surface area contributed by atoms with Crippen LogP contribution in [0.5, 0.6) is 0 Å². The Morgan fingerprint density at radius 3 is 2.90 bits per heavy atom. The van der Waals surface area contributed by atoms with Gasteiger partial charge in [-0.3, -0.25) is 0 Å². The number of aromatic nitrogens is 6. The quantitative estimate of drug-likeness (QED) is 0.532. The van der Waals surface area contributed by atoms with E-state index in [-0.39, 0.29) is 0 Å². The van der Waals surface area contributed by atoms with Gasteiger partial charge in [0.05, 0.1) is 11.6 Å². The van der Waals surface area contributed by atoms with Crippen molar-refractivity contribution >= 4 is 36.2 Å². The first-order valence-corrected chi connectivity index (χ1v) is 10.8. The lowest BCUT2D eigenvalue weighted by atomic mass is 10.3. The van der Waals surface area contributed by atoms with Gasteiger partial charge < -0.3 is 4.74 Å². The molecule has 0 aliphatic carbocycles. The Balaban J connectivity index is 1.81. The first-order valence-electron chi connectivity index (χ1n) is 6.74. The summed E-state index contributed by atoms with van der Waals surface area (Å²) in [7, 11) is -1.08. The van der Waals surface area contributed by atoms with Crippen LogP contribution in [0.25, 0.3) is 16.6 Å². The van der Waals surface area contributed by atoms with E-state index in [1.165, 1.54) is 0 Å². The Bertz CT molecular complexity index is 777. The molecule has 9 heteroatoms. The Morgan fingerprint density at radius 1 is 1.33 bits per heavy atom.